The summed E-state index contributed by atoms with van der Waals surface area (Å²) in [4.78, 5) is 26.0. The molecule has 7 nitrogen and oxygen atoms in total. The summed E-state index contributed by atoms with van der Waals surface area (Å²) in [6, 6.07) is 3.27. The van der Waals surface area contributed by atoms with Gasteiger partial charge in [-0.15, -0.1) is 0 Å². The van der Waals surface area contributed by atoms with Crippen molar-refractivity contribution in [3.8, 4) is 17.2 Å². The number of carbonyl (C=O) groups excluding carboxylic acids is 2. The number of nitrogens with zero attached hydrogens (tertiary/aromatic N) is 1. The summed E-state index contributed by atoms with van der Waals surface area (Å²) in [5.41, 5.74) is 5.64. The van der Waals surface area contributed by atoms with Gasteiger partial charge >= 0.3 is 0 Å². The van der Waals surface area contributed by atoms with E-state index in [9.17, 15) is 9.59 Å². The zero-order chi connectivity index (χ0) is 19.4. The van der Waals surface area contributed by atoms with E-state index in [1.807, 2.05) is 4.90 Å². The van der Waals surface area contributed by atoms with Crippen molar-refractivity contribution in [1.29, 1.82) is 0 Å². The van der Waals surface area contributed by atoms with Gasteiger partial charge in [-0.05, 0) is 36.8 Å². The summed E-state index contributed by atoms with van der Waals surface area (Å²) in [6.45, 7) is 1.30. The maximum atomic E-state index is 13.1. The van der Waals surface area contributed by atoms with Crippen molar-refractivity contribution in [3.63, 3.8) is 0 Å². The first-order valence-corrected chi connectivity index (χ1v) is 9.50. The maximum absolute atomic E-state index is 13.1. The SMILES string of the molecule is COc1cc(C(=O)N2CC[C@H]3CCCC[C@H]3C2)cc(OC)c1OCC(N)=O. The molecule has 1 aromatic carbocycles. The Morgan fingerprint density at radius 3 is 2.30 bits per heavy atom. The van der Waals surface area contributed by atoms with Gasteiger partial charge in [0.1, 0.15) is 0 Å². The number of hydrogen-bond acceptors (Lipinski definition) is 5. The van der Waals surface area contributed by atoms with E-state index in [1.165, 1.54) is 39.9 Å². The number of fused-ring (bicyclic) bond motifs is 1. The van der Waals surface area contributed by atoms with Crippen molar-refractivity contribution in [2.45, 2.75) is 32.1 Å². The van der Waals surface area contributed by atoms with Crippen molar-refractivity contribution in [2.24, 2.45) is 17.6 Å². The molecule has 2 atom stereocenters. The van der Waals surface area contributed by atoms with Crippen molar-refractivity contribution in [3.05, 3.63) is 17.7 Å². The van der Waals surface area contributed by atoms with Crippen LogP contribution in [0.15, 0.2) is 12.1 Å². The third kappa shape index (κ3) is 4.28. The van der Waals surface area contributed by atoms with Gasteiger partial charge in [0.2, 0.25) is 5.75 Å². The van der Waals surface area contributed by atoms with Crippen LogP contribution >= 0.6 is 0 Å². The average molecular weight is 376 g/mol. The Bertz CT molecular complexity index is 681. The summed E-state index contributed by atoms with van der Waals surface area (Å²) in [6.07, 6.45) is 6.15. The summed E-state index contributed by atoms with van der Waals surface area (Å²) in [5.74, 6) is 1.68. The largest absolute Gasteiger partial charge is 0.493 e. The number of ether oxygens (including phenoxy) is 3. The fourth-order valence-electron chi connectivity index (χ4n) is 4.26. The number of carbonyl (C=O) groups is 2. The monoisotopic (exact) mass is 376 g/mol. The second kappa shape index (κ2) is 8.50. The minimum atomic E-state index is -0.602. The van der Waals surface area contributed by atoms with Gasteiger partial charge in [-0.1, -0.05) is 19.3 Å². The van der Waals surface area contributed by atoms with Crippen LogP contribution in [0.5, 0.6) is 17.2 Å². The van der Waals surface area contributed by atoms with E-state index in [4.69, 9.17) is 19.9 Å². The fraction of sp³-hybridized carbons (Fsp3) is 0.600. The molecule has 0 radical (unpaired) electrons. The molecule has 0 spiro atoms. The van der Waals surface area contributed by atoms with Crippen molar-refractivity contribution < 1.29 is 23.8 Å². The van der Waals surface area contributed by atoms with Crippen LogP contribution in [-0.2, 0) is 4.79 Å². The fourth-order valence-corrected chi connectivity index (χ4v) is 4.26. The molecule has 1 saturated carbocycles. The molecule has 0 bridgehead atoms. The molecule has 1 aliphatic carbocycles. The number of benzene rings is 1. The van der Waals surface area contributed by atoms with Crippen LogP contribution in [0.25, 0.3) is 0 Å². The van der Waals surface area contributed by atoms with Gasteiger partial charge in [-0.2, -0.15) is 0 Å². The van der Waals surface area contributed by atoms with E-state index in [0.717, 1.165) is 25.4 Å². The molecule has 1 heterocycles. The molecule has 2 aliphatic rings. The number of rotatable bonds is 6. The molecule has 1 saturated heterocycles. The number of methoxy groups -OCH3 is 2. The second-order valence-electron chi connectivity index (χ2n) is 7.31. The van der Waals surface area contributed by atoms with Gasteiger partial charge in [-0.3, -0.25) is 9.59 Å². The standard InChI is InChI=1S/C20H28N2O5/c1-25-16-9-15(10-17(26-2)19(16)27-12-18(21)23)20(24)22-8-7-13-5-3-4-6-14(13)11-22/h9-10,13-14H,3-8,11-12H2,1-2H3,(H2,21,23)/t13-,14+/m1/s1. The lowest BCUT2D eigenvalue weighted by Gasteiger charge is -2.41. The molecule has 2 N–H and O–H groups in total. The number of hydrogen-bond donors (Lipinski definition) is 1. The number of likely N-dealkylation sites (tertiary alicyclic amines) is 1. The quantitative estimate of drug-likeness (QED) is 0.822. The molecule has 2 amide bonds. The lowest BCUT2D eigenvalue weighted by Crippen LogP contribution is -2.44. The van der Waals surface area contributed by atoms with Crippen LogP contribution in [0.3, 0.4) is 0 Å². The molecule has 27 heavy (non-hydrogen) atoms. The molecule has 7 heteroatoms. The highest BCUT2D eigenvalue weighted by Gasteiger charge is 2.33. The van der Waals surface area contributed by atoms with Gasteiger partial charge in [-0.25, -0.2) is 0 Å². The van der Waals surface area contributed by atoms with E-state index in [-0.39, 0.29) is 18.3 Å². The van der Waals surface area contributed by atoms with Gasteiger partial charge in [0.05, 0.1) is 14.2 Å². The molecule has 0 unspecified atom stereocenters. The number of primary amides is 1. The molecular weight excluding hydrogens is 348 g/mol. The zero-order valence-corrected chi connectivity index (χ0v) is 16.0. The van der Waals surface area contributed by atoms with E-state index < -0.39 is 5.91 Å². The third-order valence-corrected chi connectivity index (χ3v) is 5.64. The van der Waals surface area contributed by atoms with Crippen LogP contribution in [0.2, 0.25) is 0 Å². The minimum absolute atomic E-state index is 0.0305. The van der Waals surface area contributed by atoms with Crippen LogP contribution in [0.1, 0.15) is 42.5 Å². The topological polar surface area (TPSA) is 91.1 Å². The summed E-state index contributed by atoms with van der Waals surface area (Å²) < 4.78 is 16.1. The van der Waals surface area contributed by atoms with E-state index in [1.54, 1.807) is 12.1 Å². The Kier molecular flexibility index (Phi) is 6.08. The third-order valence-electron chi connectivity index (χ3n) is 5.64. The maximum Gasteiger partial charge on any atom is 0.255 e. The Balaban J connectivity index is 1.80. The van der Waals surface area contributed by atoms with Gasteiger partial charge < -0.3 is 24.8 Å². The van der Waals surface area contributed by atoms with E-state index >= 15 is 0 Å². The zero-order valence-electron chi connectivity index (χ0n) is 16.0. The van der Waals surface area contributed by atoms with Crippen LogP contribution in [0, 0.1) is 11.8 Å². The lowest BCUT2D eigenvalue weighted by molar-refractivity contribution is -0.120. The first-order chi connectivity index (χ1) is 13.0. The van der Waals surface area contributed by atoms with Crippen molar-refractivity contribution >= 4 is 11.8 Å². The van der Waals surface area contributed by atoms with Crippen LogP contribution < -0.4 is 19.9 Å². The Hall–Kier alpha value is -2.44. The number of nitrogens with two attached hydrogens (primary N) is 1. The summed E-state index contributed by atoms with van der Waals surface area (Å²) in [7, 11) is 2.96. The molecule has 148 valence electrons. The minimum Gasteiger partial charge on any atom is -0.493 e. The van der Waals surface area contributed by atoms with E-state index in [2.05, 4.69) is 0 Å². The van der Waals surface area contributed by atoms with Gasteiger partial charge in [0, 0.05) is 18.7 Å². The molecule has 3 rings (SSSR count). The predicted molar refractivity (Wildman–Crippen MR) is 100 cm³/mol. The summed E-state index contributed by atoms with van der Waals surface area (Å²) in [5, 5.41) is 0. The number of piperidine rings is 1. The van der Waals surface area contributed by atoms with Gasteiger partial charge in [0.25, 0.3) is 11.8 Å². The molecule has 1 aliphatic heterocycles. The van der Waals surface area contributed by atoms with Crippen LogP contribution in [0.4, 0.5) is 0 Å². The Labute approximate surface area is 159 Å². The van der Waals surface area contributed by atoms with Gasteiger partial charge in [0.15, 0.2) is 18.1 Å². The Morgan fingerprint density at radius 1 is 1.07 bits per heavy atom. The molecule has 0 aromatic heterocycles. The predicted octanol–water partition coefficient (Wildman–Crippen LogP) is 2.22. The highest BCUT2D eigenvalue weighted by atomic mass is 16.5. The van der Waals surface area contributed by atoms with Crippen molar-refractivity contribution in [2.75, 3.05) is 33.9 Å². The highest BCUT2D eigenvalue weighted by Crippen LogP contribution is 2.40. The number of amides is 2. The van der Waals surface area contributed by atoms with Crippen LogP contribution in [-0.4, -0.2) is 50.6 Å². The Morgan fingerprint density at radius 2 is 1.70 bits per heavy atom. The normalized spacial score (nSPS) is 21.9. The summed E-state index contributed by atoms with van der Waals surface area (Å²) >= 11 is 0. The molecular formula is C20H28N2O5. The average Bonchev–Trinajstić information content (AvgIpc) is 2.70. The smallest absolute Gasteiger partial charge is 0.255 e. The molecule has 2 fully saturated rings. The van der Waals surface area contributed by atoms with Crippen molar-refractivity contribution in [1.82, 2.24) is 4.90 Å². The first-order valence-electron chi connectivity index (χ1n) is 9.50. The highest BCUT2D eigenvalue weighted by molar-refractivity contribution is 5.95. The van der Waals surface area contributed by atoms with E-state index in [0.29, 0.717) is 23.0 Å². The first kappa shape index (κ1) is 19.3. The second-order valence-corrected chi connectivity index (χ2v) is 7.31. The lowest BCUT2D eigenvalue weighted by atomic mass is 9.75. The molecule has 1 aromatic rings.